The molecule has 2 aromatic rings. The van der Waals surface area contributed by atoms with E-state index in [1.54, 1.807) is 6.26 Å². The van der Waals surface area contributed by atoms with Crippen LogP contribution < -0.4 is 0 Å². The van der Waals surface area contributed by atoms with Crippen LogP contribution in [0.1, 0.15) is 5.69 Å². The van der Waals surface area contributed by atoms with Crippen LogP contribution in [0.15, 0.2) is 16.7 Å². The molecule has 2 nitrogen and oxygen atoms in total. The molecule has 0 saturated carbocycles. The fraction of sp³-hybridized carbons (Fsp3) is 0.143. The van der Waals surface area contributed by atoms with E-state index in [1.807, 2.05) is 13.0 Å². The Morgan fingerprint density at radius 2 is 2.40 bits per heavy atom. The molecule has 0 aliphatic heterocycles. The van der Waals surface area contributed by atoms with Crippen LogP contribution in [0, 0.1) is 10.5 Å². The Morgan fingerprint density at radius 3 is 3.10 bits per heavy atom. The monoisotopic (exact) mass is 247 g/mol. The number of H-pyrrole nitrogens is 1. The molecule has 0 atom stereocenters. The van der Waals surface area contributed by atoms with E-state index >= 15 is 0 Å². The summed E-state index contributed by atoms with van der Waals surface area (Å²) in [5.41, 5.74) is 3.23. The first-order valence-electron chi connectivity index (χ1n) is 3.00. The minimum atomic E-state index is 0.970. The van der Waals surface area contributed by atoms with Crippen LogP contribution in [-0.4, -0.2) is 4.98 Å². The second-order valence-corrected chi connectivity index (χ2v) is 3.31. The van der Waals surface area contributed by atoms with E-state index in [9.17, 15) is 0 Å². The van der Waals surface area contributed by atoms with Crippen molar-refractivity contribution in [3.63, 3.8) is 0 Å². The Morgan fingerprint density at radius 1 is 1.60 bits per heavy atom. The van der Waals surface area contributed by atoms with Gasteiger partial charge in [0.25, 0.3) is 0 Å². The second-order valence-electron chi connectivity index (χ2n) is 2.23. The summed E-state index contributed by atoms with van der Waals surface area (Å²) in [6.45, 7) is 2.04. The lowest BCUT2D eigenvalue weighted by Crippen LogP contribution is -1.70. The van der Waals surface area contributed by atoms with Gasteiger partial charge in [0.2, 0.25) is 0 Å². The molecular formula is C7H6INO. The molecule has 2 rings (SSSR count). The first kappa shape index (κ1) is 6.27. The molecule has 0 spiro atoms. The first-order valence-corrected chi connectivity index (χ1v) is 4.08. The van der Waals surface area contributed by atoms with E-state index in [4.69, 9.17) is 4.42 Å². The molecule has 0 aromatic carbocycles. The molecule has 2 aromatic heterocycles. The maximum absolute atomic E-state index is 5.23. The van der Waals surface area contributed by atoms with E-state index in [0.717, 1.165) is 11.1 Å². The second kappa shape index (κ2) is 2.02. The van der Waals surface area contributed by atoms with Crippen LogP contribution >= 0.6 is 22.6 Å². The van der Waals surface area contributed by atoms with Gasteiger partial charge in [0.15, 0.2) is 5.58 Å². The zero-order chi connectivity index (χ0) is 7.14. The number of fused-ring (bicyclic) bond motifs is 1. The SMILES string of the molecule is Cc1[nH]c2ccoc2c1I. The third-order valence-corrected chi connectivity index (χ3v) is 2.81. The summed E-state index contributed by atoms with van der Waals surface area (Å²) < 4.78 is 6.41. The van der Waals surface area contributed by atoms with Gasteiger partial charge >= 0.3 is 0 Å². The summed E-state index contributed by atoms with van der Waals surface area (Å²) in [5.74, 6) is 0. The van der Waals surface area contributed by atoms with Crippen molar-refractivity contribution in [1.82, 2.24) is 4.98 Å². The molecule has 0 fully saturated rings. The number of nitrogens with one attached hydrogen (secondary N) is 1. The van der Waals surface area contributed by atoms with Crippen molar-refractivity contribution in [2.75, 3.05) is 0 Å². The zero-order valence-corrected chi connectivity index (χ0v) is 7.60. The molecule has 2 heterocycles. The predicted molar refractivity (Wildman–Crippen MR) is 48.0 cm³/mol. The molecule has 0 bridgehead atoms. The van der Waals surface area contributed by atoms with Gasteiger partial charge in [0.1, 0.15) is 0 Å². The van der Waals surface area contributed by atoms with Gasteiger partial charge in [-0.1, -0.05) is 0 Å². The molecule has 10 heavy (non-hydrogen) atoms. The molecule has 1 N–H and O–H groups in total. The Balaban J connectivity index is 2.95. The number of aryl methyl sites for hydroxylation is 1. The van der Waals surface area contributed by atoms with Crippen LogP contribution in [0.5, 0.6) is 0 Å². The van der Waals surface area contributed by atoms with Crippen molar-refractivity contribution in [3.8, 4) is 0 Å². The van der Waals surface area contributed by atoms with Crippen molar-refractivity contribution in [1.29, 1.82) is 0 Å². The minimum absolute atomic E-state index is 0.970. The molecule has 0 amide bonds. The lowest BCUT2D eigenvalue weighted by Gasteiger charge is -1.82. The van der Waals surface area contributed by atoms with Crippen molar-refractivity contribution in [2.24, 2.45) is 0 Å². The van der Waals surface area contributed by atoms with E-state index in [0.29, 0.717) is 0 Å². The van der Waals surface area contributed by atoms with E-state index in [1.165, 1.54) is 9.26 Å². The topological polar surface area (TPSA) is 28.9 Å². The fourth-order valence-corrected chi connectivity index (χ4v) is 1.56. The van der Waals surface area contributed by atoms with Gasteiger partial charge in [-0.15, -0.1) is 0 Å². The molecule has 0 aliphatic rings. The summed E-state index contributed by atoms with van der Waals surface area (Å²) in [6.07, 6.45) is 1.70. The average Bonchev–Trinajstić information content (AvgIpc) is 2.41. The van der Waals surface area contributed by atoms with Crippen LogP contribution in [0.25, 0.3) is 11.1 Å². The van der Waals surface area contributed by atoms with Crippen molar-refractivity contribution >= 4 is 33.7 Å². The molecule has 0 radical (unpaired) electrons. The largest absolute Gasteiger partial charge is 0.462 e. The minimum Gasteiger partial charge on any atom is -0.462 e. The third kappa shape index (κ3) is 0.697. The highest BCUT2D eigenvalue weighted by Crippen LogP contribution is 2.23. The van der Waals surface area contributed by atoms with Crippen LogP contribution in [0.2, 0.25) is 0 Å². The van der Waals surface area contributed by atoms with Gasteiger partial charge in [0, 0.05) is 11.8 Å². The van der Waals surface area contributed by atoms with Gasteiger partial charge in [-0.25, -0.2) is 0 Å². The highest BCUT2D eigenvalue weighted by molar-refractivity contribution is 14.1. The lowest BCUT2D eigenvalue weighted by molar-refractivity contribution is 0.614. The van der Waals surface area contributed by atoms with Crippen molar-refractivity contribution in [2.45, 2.75) is 6.92 Å². The van der Waals surface area contributed by atoms with Gasteiger partial charge in [-0.05, 0) is 29.5 Å². The number of aromatic nitrogens is 1. The average molecular weight is 247 g/mol. The Hall–Kier alpha value is -0.450. The van der Waals surface area contributed by atoms with Gasteiger partial charge in [0.05, 0.1) is 15.4 Å². The zero-order valence-electron chi connectivity index (χ0n) is 5.44. The number of hydrogen-bond donors (Lipinski definition) is 1. The number of rotatable bonds is 0. The summed E-state index contributed by atoms with van der Waals surface area (Å²) in [7, 11) is 0. The maximum Gasteiger partial charge on any atom is 0.165 e. The first-order chi connectivity index (χ1) is 4.79. The molecule has 3 heteroatoms. The van der Waals surface area contributed by atoms with E-state index in [2.05, 4.69) is 27.6 Å². The molecule has 0 aliphatic carbocycles. The maximum atomic E-state index is 5.23. The Kier molecular flexibility index (Phi) is 1.26. The molecule has 0 unspecified atom stereocenters. The van der Waals surface area contributed by atoms with Gasteiger partial charge in [-0.2, -0.15) is 0 Å². The lowest BCUT2D eigenvalue weighted by atomic mass is 10.5. The van der Waals surface area contributed by atoms with Crippen LogP contribution in [-0.2, 0) is 0 Å². The number of halogens is 1. The molecule has 0 saturated heterocycles. The Labute approximate surface area is 71.7 Å². The van der Waals surface area contributed by atoms with Gasteiger partial charge < -0.3 is 9.40 Å². The third-order valence-electron chi connectivity index (χ3n) is 1.52. The summed E-state index contributed by atoms with van der Waals surface area (Å²) >= 11 is 2.27. The van der Waals surface area contributed by atoms with Crippen LogP contribution in [0.3, 0.4) is 0 Å². The number of aromatic amines is 1. The van der Waals surface area contributed by atoms with E-state index < -0.39 is 0 Å². The van der Waals surface area contributed by atoms with Crippen LogP contribution in [0.4, 0.5) is 0 Å². The fourth-order valence-electron chi connectivity index (χ4n) is 1.00. The van der Waals surface area contributed by atoms with E-state index in [-0.39, 0.29) is 0 Å². The quantitative estimate of drug-likeness (QED) is 0.712. The number of hydrogen-bond acceptors (Lipinski definition) is 1. The Bertz CT molecular complexity index is 360. The smallest absolute Gasteiger partial charge is 0.165 e. The highest BCUT2D eigenvalue weighted by atomic mass is 127. The summed E-state index contributed by atoms with van der Waals surface area (Å²) in [6, 6.07) is 1.94. The predicted octanol–water partition coefficient (Wildman–Crippen LogP) is 2.67. The van der Waals surface area contributed by atoms with Crippen molar-refractivity contribution < 1.29 is 4.42 Å². The van der Waals surface area contributed by atoms with Gasteiger partial charge in [-0.3, -0.25) is 0 Å². The number of furan rings is 1. The van der Waals surface area contributed by atoms with Crippen molar-refractivity contribution in [3.05, 3.63) is 21.6 Å². The molecule has 52 valence electrons. The highest BCUT2D eigenvalue weighted by Gasteiger charge is 2.06. The summed E-state index contributed by atoms with van der Waals surface area (Å²) in [5, 5.41) is 0. The normalized spacial score (nSPS) is 11.0. The summed E-state index contributed by atoms with van der Waals surface area (Å²) in [4.78, 5) is 3.21. The standard InChI is InChI=1S/C7H6INO/c1-4-6(8)7-5(9-4)2-3-10-7/h2-3,9H,1H3. The molecular weight excluding hydrogens is 241 g/mol.